The van der Waals surface area contributed by atoms with Gasteiger partial charge in [0.25, 0.3) is 0 Å². The summed E-state index contributed by atoms with van der Waals surface area (Å²) in [5.41, 5.74) is 22.2. The first-order chi connectivity index (χ1) is 25.1. The highest BCUT2D eigenvalue weighted by atomic mass is 32.2. The summed E-state index contributed by atoms with van der Waals surface area (Å²) in [5.74, 6) is 0.844. The Labute approximate surface area is 303 Å². The first-order valence-corrected chi connectivity index (χ1v) is 19.2. The van der Waals surface area contributed by atoms with Crippen LogP contribution >= 0.6 is 11.8 Å². The zero-order valence-corrected chi connectivity index (χ0v) is 29.5. The van der Waals surface area contributed by atoms with Crippen molar-refractivity contribution in [1.82, 2.24) is 4.57 Å². The van der Waals surface area contributed by atoms with Gasteiger partial charge < -0.3 is 4.57 Å². The molecule has 4 aliphatic carbocycles. The Morgan fingerprint density at radius 2 is 1.35 bits per heavy atom. The number of aromatic nitrogens is 1. The van der Waals surface area contributed by atoms with E-state index in [4.69, 9.17) is 0 Å². The molecule has 0 fully saturated rings. The van der Waals surface area contributed by atoms with E-state index in [9.17, 15) is 0 Å². The van der Waals surface area contributed by atoms with Crippen LogP contribution in [0, 0.1) is 0 Å². The fourth-order valence-electron chi connectivity index (χ4n) is 10.4. The van der Waals surface area contributed by atoms with Gasteiger partial charge in [-0.05, 0) is 97.4 Å². The summed E-state index contributed by atoms with van der Waals surface area (Å²) >= 11 is 2.02. The van der Waals surface area contributed by atoms with Crippen LogP contribution in [0.5, 0.6) is 0 Å². The quantitative estimate of drug-likeness (QED) is 0.177. The van der Waals surface area contributed by atoms with Gasteiger partial charge in [-0.2, -0.15) is 0 Å². The third-order valence-corrected chi connectivity index (χ3v) is 14.1. The number of allylic oxidation sites excluding steroid dienone is 3. The van der Waals surface area contributed by atoms with Gasteiger partial charge in [0.2, 0.25) is 0 Å². The SMILES string of the molecule is CC1(C)c2ccccc2-c2cc3c4c(n(-c5ccc(-c6cccc7c6SC6C=CC=CC76)cc5)c3cc21)-c1cccc2c1C(C4)c1ccccc1-2. The zero-order valence-electron chi connectivity index (χ0n) is 28.7. The minimum absolute atomic E-state index is 0.0650. The Morgan fingerprint density at radius 3 is 2.25 bits per heavy atom. The van der Waals surface area contributed by atoms with Crippen LogP contribution in [0.4, 0.5) is 0 Å². The summed E-state index contributed by atoms with van der Waals surface area (Å²) in [6.45, 7) is 4.80. The van der Waals surface area contributed by atoms with Crippen LogP contribution in [0.1, 0.15) is 59.1 Å². The van der Waals surface area contributed by atoms with Crippen LogP contribution in [-0.2, 0) is 11.8 Å². The predicted molar refractivity (Wildman–Crippen MR) is 213 cm³/mol. The fourth-order valence-corrected chi connectivity index (χ4v) is 11.9. The van der Waals surface area contributed by atoms with Crippen LogP contribution in [0.15, 0.2) is 151 Å². The summed E-state index contributed by atoms with van der Waals surface area (Å²) in [5, 5.41) is 1.88. The number of thioether (sulfide) groups is 1. The molecule has 0 bridgehead atoms. The van der Waals surface area contributed by atoms with Gasteiger partial charge in [0, 0.05) is 44.0 Å². The molecule has 3 unspecified atom stereocenters. The third-order valence-electron chi connectivity index (χ3n) is 12.7. The first kappa shape index (κ1) is 28.4. The average Bonchev–Trinajstić information content (AvgIpc) is 3.88. The molecule has 0 saturated heterocycles. The van der Waals surface area contributed by atoms with E-state index in [1.54, 1.807) is 0 Å². The smallest absolute Gasteiger partial charge is 0.0576 e. The zero-order chi connectivity index (χ0) is 33.6. The van der Waals surface area contributed by atoms with Crippen LogP contribution in [0.25, 0.3) is 61.2 Å². The van der Waals surface area contributed by atoms with Gasteiger partial charge in [-0.15, -0.1) is 11.8 Å². The van der Waals surface area contributed by atoms with E-state index in [1.165, 1.54) is 99.5 Å². The molecule has 12 rings (SSSR count). The summed E-state index contributed by atoms with van der Waals surface area (Å²) in [4.78, 5) is 1.43. The summed E-state index contributed by atoms with van der Waals surface area (Å²) in [6.07, 6.45) is 10.2. The van der Waals surface area contributed by atoms with E-state index < -0.39 is 0 Å². The highest BCUT2D eigenvalue weighted by Gasteiger charge is 2.41. The maximum absolute atomic E-state index is 2.61. The summed E-state index contributed by atoms with van der Waals surface area (Å²) in [7, 11) is 0. The number of nitrogens with zero attached hydrogens (tertiary/aromatic N) is 1. The van der Waals surface area contributed by atoms with E-state index in [1.807, 2.05) is 11.8 Å². The monoisotopic (exact) mass is 669 g/mol. The predicted octanol–water partition coefficient (Wildman–Crippen LogP) is 12.6. The second kappa shape index (κ2) is 9.93. The molecule has 1 nitrogen and oxygen atoms in total. The van der Waals surface area contributed by atoms with Gasteiger partial charge in [-0.25, -0.2) is 0 Å². The minimum Gasteiger partial charge on any atom is -0.309 e. The van der Waals surface area contributed by atoms with Crippen molar-refractivity contribution < 1.29 is 0 Å². The standard InChI is InChI=1S/C49H35NS/c1-49(2)42-19-7-5-13-33(42)38-25-39-41-26-40-32-12-4-3-11-31(32)35-16-10-18-37(46(35)40)47(41)50(44(39)27-43(38)49)29-23-21-28(22-24-29)30-15-9-17-36-34-14-6-8-20-45(34)51-48(30)36/h3-25,27,34,40,45H,26H2,1-2H3. The largest absolute Gasteiger partial charge is 0.309 e. The van der Waals surface area contributed by atoms with Crippen molar-refractivity contribution in [3.05, 3.63) is 179 Å². The maximum atomic E-state index is 2.61. The van der Waals surface area contributed by atoms with Crippen molar-refractivity contribution >= 4 is 22.7 Å². The lowest BCUT2D eigenvalue weighted by molar-refractivity contribution is 0.661. The number of rotatable bonds is 2. The van der Waals surface area contributed by atoms with Crippen molar-refractivity contribution in [3.8, 4) is 50.3 Å². The lowest BCUT2D eigenvalue weighted by Crippen LogP contribution is -2.15. The second-order valence-electron chi connectivity index (χ2n) is 15.5. The molecule has 2 heterocycles. The molecule has 7 aromatic rings. The lowest BCUT2D eigenvalue weighted by Gasteiger charge is -2.25. The minimum atomic E-state index is -0.0650. The second-order valence-corrected chi connectivity index (χ2v) is 16.7. The van der Waals surface area contributed by atoms with Crippen molar-refractivity contribution in [2.75, 3.05) is 0 Å². The van der Waals surface area contributed by atoms with E-state index in [0.717, 1.165) is 6.42 Å². The van der Waals surface area contributed by atoms with Gasteiger partial charge >= 0.3 is 0 Å². The van der Waals surface area contributed by atoms with Crippen LogP contribution < -0.4 is 0 Å². The average molecular weight is 670 g/mol. The summed E-state index contributed by atoms with van der Waals surface area (Å²) < 4.78 is 2.61. The van der Waals surface area contributed by atoms with Gasteiger partial charge in [0.15, 0.2) is 0 Å². The van der Waals surface area contributed by atoms with E-state index in [0.29, 0.717) is 17.1 Å². The molecule has 0 N–H and O–H groups in total. The Kier molecular flexibility index (Phi) is 5.53. The molecule has 6 aromatic carbocycles. The molecule has 2 heteroatoms. The van der Waals surface area contributed by atoms with Gasteiger partial charge in [0.05, 0.1) is 11.2 Å². The first-order valence-electron chi connectivity index (χ1n) is 18.4. The number of hydrogen-bond donors (Lipinski definition) is 0. The third kappa shape index (κ3) is 3.63. The molecule has 0 amide bonds. The van der Waals surface area contributed by atoms with Gasteiger partial charge in [-0.1, -0.05) is 135 Å². The van der Waals surface area contributed by atoms with Crippen molar-refractivity contribution in [3.63, 3.8) is 0 Å². The molecule has 242 valence electrons. The molecular weight excluding hydrogens is 635 g/mol. The normalized spacial score (nSPS) is 20.4. The molecule has 1 aromatic heterocycles. The Balaban J connectivity index is 1.09. The summed E-state index contributed by atoms with van der Waals surface area (Å²) in [6, 6.07) is 46.6. The van der Waals surface area contributed by atoms with Crippen LogP contribution in [0.2, 0.25) is 0 Å². The number of fused-ring (bicyclic) bond motifs is 13. The molecule has 5 aliphatic rings. The highest BCUT2D eigenvalue weighted by molar-refractivity contribution is 8.00. The van der Waals surface area contributed by atoms with Gasteiger partial charge in [0.1, 0.15) is 0 Å². The number of hydrogen-bond acceptors (Lipinski definition) is 1. The Morgan fingerprint density at radius 1 is 0.627 bits per heavy atom. The Bertz CT molecular complexity index is 2740. The Hall–Kier alpha value is -5.31. The maximum Gasteiger partial charge on any atom is 0.0576 e. The van der Waals surface area contributed by atoms with Crippen molar-refractivity contribution in [2.24, 2.45) is 0 Å². The van der Waals surface area contributed by atoms with Crippen LogP contribution in [-0.4, -0.2) is 9.82 Å². The van der Waals surface area contributed by atoms with E-state index >= 15 is 0 Å². The highest BCUT2D eigenvalue weighted by Crippen LogP contribution is 2.58. The van der Waals surface area contributed by atoms with Crippen molar-refractivity contribution in [2.45, 2.75) is 47.7 Å². The number of benzene rings is 6. The van der Waals surface area contributed by atoms with Gasteiger partial charge in [-0.3, -0.25) is 0 Å². The van der Waals surface area contributed by atoms with E-state index in [2.05, 4.69) is 164 Å². The molecule has 3 atom stereocenters. The molecule has 51 heavy (non-hydrogen) atoms. The molecule has 0 saturated carbocycles. The molecule has 0 spiro atoms. The topological polar surface area (TPSA) is 4.93 Å². The molecular formula is C49H35NS. The van der Waals surface area contributed by atoms with Crippen LogP contribution in [0.3, 0.4) is 0 Å². The molecule has 0 radical (unpaired) electrons. The molecule has 1 aliphatic heterocycles. The van der Waals surface area contributed by atoms with E-state index in [-0.39, 0.29) is 5.41 Å². The lowest BCUT2D eigenvalue weighted by atomic mass is 9.79. The fraction of sp³-hybridized carbons (Fsp3) is 0.143. The van der Waals surface area contributed by atoms with Crippen molar-refractivity contribution in [1.29, 1.82) is 0 Å².